The van der Waals surface area contributed by atoms with Crippen LogP contribution < -0.4 is 0 Å². The molecule has 0 saturated carbocycles. The average molecular weight is 1480 g/mol. The van der Waals surface area contributed by atoms with Crippen molar-refractivity contribution in [3.63, 3.8) is 0 Å². The number of unbranched alkanes of at least 4 members (excludes halogenated alkanes) is 34. The summed E-state index contributed by atoms with van der Waals surface area (Å²) in [4.78, 5) is 73.0. The number of phosphoric acid groups is 2. The summed E-state index contributed by atoms with van der Waals surface area (Å²) in [6.07, 6.45) is 79.5. The van der Waals surface area contributed by atoms with Crippen molar-refractivity contribution < 1.29 is 80.2 Å². The van der Waals surface area contributed by atoms with Gasteiger partial charge in [-0.15, -0.1) is 0 Å². The Balaban J connectivity index is 5.33. The summed E-state index contributed by atoms with van der Waals surface area (Å²) < 4.78 is 68.6. The van der Waals surface area contributed by atoms with Crippen LogP contribution in [0.3, 0.4) is 0 Å². The van der Waals surface area contributed by atoms with Crippen molar-refractivity contribution in [2.45, 2.75) is 367 Å². The molecule has 0 heterocycles. The number of aliphatic hydroxyl groups is 1. The zero-order valence-corrected chi connectivity index (χ0v) is 66.3. The zero-order chi connectivity index (χ0) is 74.6. The van der Waals surface area contributed by atoms with E-state index in [-0.39, 0.29) is 25.7 Å². The maximum absolute atomic E-state index is 13.1. The van der Waals surface area contributed by atoms with Crippen molar-refractivity contribution in [3.8, 4) is 0 Å². The number of ether oxygens (including phenoxy) is 4. The van der Waals surface area contributed by atoms with E-state index in [2.05, 4.69) is 125 Å². The summed E-state index contributed by atoms with van der Waals surface area (Å²) in [5, 5.41) is 10.6. The van der Waals surface area contributed by atoms with Gasteiger partial charge in [0.15, 0.2) is 12.2 Å². The fourth-order valence-corrected chi connectivity index (χ4v) is 12.5. The highest BCUT2D eigenvalue weighted by Crippen LogP contribution is 2.45. The van der Waals surface area contributed by atoms with Gasteiger partial charge in [-0.05, 0) is 103 Å². The van der Waals surface area contributed by atoms with Gasteiger partial charge >= 0.3 is 39.5 Å². The standard InChI is InChI=1S/C83H146O17P2/c1-5-9-13-17-21-25-29-32-35-37-38-40-43-45-49-52-56-60-64-68-81(86)94-74-79(100-83(88)70-66-62-58-54-50-46-41-34-31-27-23-19-15-11-7-3)76-98-102(91,92)96-72-77(84)71-95-101(89,90)97-75-78(99-82(87)69-65-61-57-53-47-28-24-20-16-12-8-4)73-93-80(85)67-63-59-55-51-48-44-42-39-36-33-30-26-22-18-14-10-6-2/h9-10,13-14,21-22,25-26,32-33,35-36,38,40,45,49,77-79,84H,5-8,11-12,15-20,23-24,27-31,34,37,39,41-44,46-48,50-76H2,1-4H3,(H,89,90)(H,91,92)/b13-9-,14-10-,25-21-,26-22-,35-32-,36-33-,40-38-,49-45-. The first-order valence-corrected chi connectivity index (χ1v) is 43.5. The van der Waals surface area contributed by atoms with Crippen molar-refractivity contribution in [2.75, 3.05) is 39.6 Å². The molecule has 0 rings (SSSR count). The summed E-state index contributed by atoms with van der Waals surface area (Å²) in [5.41, 5.74) is 0. The van der Waals surface area contributed by atoms with Gasteiger partial charge in [0.25, 0.3) is 0 Å². The topological polar surface area (TPSA) is 237 Å². The van der Waals surface area contributed by atoms with Crippen LogP contribution >= 0.6 is 15.6 Å². The van der Waals surface area contributed by atoms with Crippen molar-refractivity contribution in [1.82, 2.24) is 0 Å². The molecule has 0 radical (unpaired) electrons. The number of esters is 4. The maximum Gasteiger partial charge on any atom is 0.472 e. The highest BCUT2D eigenvalue weighted by Gasteiger charge is 2.30. The lowest BCUT2D eigenvalue weighted by molar-refractivity contribution is -0.161. The summed E-state index contributed by atoms with van der Waals surface area (Å²) in [6, 6.07) is 0. The Morgan fingerprint density at radius 1 is 0.284 bits per heavy atom. The van der Waals surface area contributed by atoms with Gasteiger partial charge in [-0.25, -0.2) is 9.13 Å². The quantitative estimate of drug-likeness (QED) is 0.0169. The predicted molar refractivity (Wildman–Crippen MR) is 418 cm³/mol. The Labute approximate surface area is 620 Å². The largest absolute Gasteiger partial charge is 0.472 e. The van der Waals surface area contributed by atoms with Crippen molar-refractivity contribution in [2.24, 2.45) is 0 Å². The van der Waals surface area contributed by atoms with Crippen molar-refractivity contribution in [3.05, 3.63) is 97.2 Å². The molecule has 3 N–H and O–H groups in total. The zero-order valence-electron chi connectivity index (χ0n) is 64.5. The lowest BCUT2D eigenvalue weighted by Crippen LogP contribution is -2.30. The van der Waals surface area contributed by atoms with Crippen LogP contribution in [-0.4, -0.2) is 96.7 Å². The van der Waals surface area contributed by atoms with E-state index in [4.69, 9.17) is 37.0 Å². The van der Waals surface area contributed by atoms with E-state index >= 15 is 0 Å². The second kappa shape index (κ2) is 75.2. The first-order valence-electron chi connectivity index (χ1n) is 40.5. The molecule has 19 heteroatoms. The van der Waals surface area contributed by atoms with E-state index in [9.17, 15) is 43.2 Å². The number of carbonyl (C=O) groups is 4. The number of hydrogen-bond donors (Lipinski definition) is 3. The normalized spacial score (nSPS) is 14.4. The molecule has 0 amide bonds. The Kier molecular flexibility index (Phi) is 72.3. The van der Waals surface area contributed by atoms with Crippen LogP contribution in [0.5, 0.6) is 0 Å². The third-order valence-electron chi connectivity index (χ3n) is 17.1. The van der Waals surface area contributed by atoms with E-state index in [1.165, 1.54) is 103 Å². The van der Waals surface area contributed by atoms with Gasteiger partial charge in [0.2, 0.25) is 0 Å². The number of carbonyl (C=O) groups excluding carboxylic acids is 4. The predicted octanol–water partition coefficient (Wildman–Crippen LogP) is 23.6. The van der Waals surface area contributed by atoms with Crippen LogP contribution in [0.25, 0.3) is 0 Å². The summed E-state index contributed by atoms with van der Waals surface area (Å²) >= 11 is 0. The number of phosphoric ester groups is 2. The average Bonchev–Trinajstić information content (AvgIpc) is 0.939. The van der Waals surface area contributed by atoms with Crippen LogP contribution in [-0.2, 0) is 65.4 Å². The van der Waals surface area contributed by atoms with Gasteiger partial charge in [-0.1, -0.05) is 318 Å². The minimum absolute atomic E-state index is 0.0912. The second-order valence-corrected chi connectivity index (χ2v) is 29.9. The molecule has 0 saturated heterocycles. The molecule has 590 valence electrons. The molecule has 102 heavy (non-hydrogen) atoms. The van der Waals surface area contributed by atoms with Gasteiger partial charge < -0.3 is 33.8 Å². The lowest BCUT2D eigenvalue weighted by atomic mass is 10.0. The van der Waals surface area contributed by atoms with E-state index < -0.39 is 97.5 Å². The van der Waals surface area contributed by atoms with Crippen molar-refractivity contribution in [1.29, 1.82) is 0 Å². The Morgan fingerprint density at radius 2 is 0.510 bits per heavy atom. The fraction of sp³-hybridized carbons (Fsp3) is 0.759. The monoisotopic (exact) mass is 1480 g/mol. The number of hydrogen-bond acceptors (Lipinski definition) is 15. The van der Waals surface area contributed by atoms with E-state index in [0.717, 1.165) is 167 Å². The molecule has 0 aromatic heterocycles. The Morgan fingerprint density at radius 3 is 0.794 bits per heavy atom. The van der Waals surface area contributed by atoms with Crippen LogP contribution in [0.4, 0.5) is 0 Å². The molecule has 17 nitrogen and oxygen atoms in total. The molecule has 0 fully saturated rings. The summed E-state index contributed by atoms with van der Waals surface area (Å²) in [5.74, 6) is -2.20. The van der Waals surface area contributed by atoms with Crippen molar-refractivity contribution >= 4 is 39.5 Å². The molecule has 5 unspecified atom stereocenters. The highest BCUT2D eigenvalue weighted by atomic mass is 31.2. The third-order valence-corrected chi connectivity index (χ3v) is 19.0. The highest BCUT2D eigenvalue weighted by molar-refractivity contribution is 7.47. The number of rotatable bonds is 76. The molecule has 0 aliphatic carbocycles. The molecule has 0 spiro atoms. The van der Waals surface area contributed by atoms with E-state index in [1.54, 1.807) is 0 Å². The molecular formula is C83H146O17P2. The minimum Gasteiger partial charge on any atom is -0.462 e. The first-order chi connectivity index (χ1) is 49.7. The smallest absolute Gasteiger partial charge is 0.462 e. The van der Waals surface area contributed by atoms with E-state index in [0.29, 0.717) is 25.7 Å². The Bertz CT molecular complexity index is 2310. The van der Waals surface area contributed by atoms with Gasteiger partial charge in [0.1, 0.15) is 19.3 Å². The minimum atomic E-state index is -4.98. The molecule has 0 aromatic carbocycles. The van der Waals surface area contributed by atoms with Gasteiger partial charge in [0.05, 0.1) is 26.4 Å². The fourth-order valence-electron chi connectivity index (χ4n) is 11.0. The number of allylic oxidation sites excluding steroid dienone is 16. The van der Waals surface area contributed by atoms with Gasteiger partial charge in [-0.2, -0.15) is 0 Å². The molecule has 0 aliphatic heterocycles. The molecule has 5 atom stereocenters. The van der Waals surface area contributed by atoms with Crippen LogP contribution in [0.2, 0.25) is 0 Å². The maximum atomic E-state index is 13.1. The Hall–Kier alpha value is -4.02. The second-order valence-electron chi connectivity index (χ2n) is 27.0. The van der Waals surface area contributed by atoms with Gasteiger partial charge in [-0.3, -0.25) is 37.3 Å². The molecule has 0 bridgehead atoms. The first kappa shape index (κ1) is 98.0. The molecule has 0 aromatic rings. The summed E-state index contributed by atoms with van der Waals surface area (Å²) in [7, 11) is -9.95. The van der Waals surface area contributed by atoms with Gasteiger partial charge in [0, 0.05) is 25.7 Å². The lowest BCUT2D eigenvalue weighted by Gasteiger charge is -2.21. The van der Waals surface area contributed by atoms with Crippen LogP contribution in [0.1, 0.15) is 349 Å². The van der Waals surface area contributed by atoms with Crippen LogP contribution in [0, 0.1) is 0 Å². The third kappa shape index (κ3) is 74.3. The number of aliphatic hydroxyl groups excluding tert-OH is 1. The summed E-state index contributed by atoms with van der Waals surface area (Å²) in [6.45, 7) is 4.65. The van der Waals surface area contributed by atoms with Crippen LogP contribution in [0.15, 0.2) is 97.2 Å². The molecule has 0 aliphatic rings. The SMILES string of the molecule is CC/C=C\C/C=C\C/C=C\C/C=C\C/C=C\CCCCCC(=O)OCC(COP(=O)(O)OCC(O)COP(=O)(O)OCC(COC(=O)CCCCCCCCC/C=C\C/C=C\C/C=C\CC)OC(=O)CCCCCCCCCCCCC)OC(=O)CCCCCCCCCCCCCCCCC. The molecular weight excluding hydrogens is 1330 g/mol. The van der Waals surface area contributed by atoms with E-state index in [1.807, 2.05) is 0 Å².